The topological polar surface area (TPSA) is 65.8 Å². The molecule has 2 saturated heterocycles. The molecule has 5 heteroatoms. The lowest BCUT2D eigenvalue weighted by molar-refractivity contribution is -0.127. The average molecular weight is 453 g/mol. The van der Waals surface area contributed by atoms with Gasteiger partial charge in [0.15, 0.2) is 0 Å². The number of benzene rings is 1. The van der Waals surface area contributed by atoms with Crippen molar-refractivity contribution < 1.29 is 14.9 Å². The lowest BCUT2D eigenvalue weighted by atomic mass is 9.62. The first kappa shape index (κ1) is 24.3. The van der Waals surface area contributed by atoms with Crippen molar-refractivity contribution in [3.63, 3.8) is 0 Å². The van der Waals surface area contributed by atoms with Crippen LogP contribution in [0.4, 0.5) is 0 Å². The largest absolute Gasteiger partial charge is 0.393 e. The number of aliphatic hydroxyl groups is 2. The molecule has 5 nitrogen and oxygen atoms in total. The fraction of sp³-hybridized carbons (Fsp3) is 0.607. The first-order chi connectivity index (χ1) is 15.7. The summed E-state index contributed by atoms with van der Waals surface area (Å²) in [4.78, 5) is 6.77. The van der Waals surface area contributed by atoms with Gasteiger partial charge in [0, 0.05) is 49.7 Å². The number of aliphatic hydroxyl groups excluding tert-OH is 1. The van der Waals surface area contributed by atoms with Crippen LogP contribution >= 0.6 is 0 Å². The molecule has 1 unspecified atom stereocenters. The fourth-order valence-electron chi connectivity index (χ4n) is 5.82. The summed E-state index contributed by atoms with van der Waals surface area (Å²) >= 11 is 0. The zero-order valence-electron chi connectivity index (χ0n) is 20.6. The van der Waals surface area contributed by atoms with E-state index >= 15 is 0 Å². The summed E-state index contributed by atoms with van der Waals surface area (Å²) in [5.74, 6) is 0.764. The van der Waals surface area contributed by atoms with Gasteiger partial charge in [-0.05, 0) is 67.3 Å². The summed E-state index contributed by atoms with van der Waals surface area (Å²) in [6.45, 7) is 9.68. The second-order valence-electron chi connectivity index (χ2n) is 10.9. The molecule has 0 bridgehead atoms. The molecule has 180 valence electrons. The monoisotopic (exact) mass is 452 g/mol. The first-order valence-corrected chi connectivity index (χ1v) is 12.4. The molecule has 0 saturated carbocycles. The number of likely N-dealkylation sites (tertiary alicyclic amines) is 1. The van der Waals surface area contributed by atoms with Gasteiger partial charge in [-0.2, -0.15) is 0 Å². The van der Waals surface area contributed by atoms with Gasteiger partial charge in [-0.1, -0.05) is 45.0 Å². The van der Waals surface area contributed by atoms with Crippen molar-refractivity contribution in [1.29, 1.82) is 0 Å². The predicted molar refractivity (Wildman–Crippen MR) is 131 cm³/mol. The van der Waals surface area contributed by atoms with Crippen LogP contribution in [0.15, 0.2) is 42.7 Å². The Morgan fingerprint density at radius 2 is 1.79 bits per heavy atom. The lowest BCUT2D eigenvalue weighted by Gasteiger charge is -2.56. The number of pyridine rings is 1. The van der Waals surface area contributed by atoms with E-state index in [1.165, 1.54) is 5.56 Å². The summed E-state index contributed by atoms with van der Waals surface area (Å²) in [6.07, 6.45) is 6.68. The summed E-state index contributed by atoms with van der Waals surface area (Å²) in [6, 6.07) is 10.5. The van der Waals surface area contributed by atoms with Crippen LogP contribution in [0.25, 0.3) is 0 Å². The Morgan fingerprint density at radius 1 is 1.12 bits per heavy atom. The maximum atomic E-state index is 12.4. The minimum atomic E-state index is -1.13. The van der Waals surface area contributed by atoms with E-state index in [0.717, 1.165) is 62.3 Å². The molecular formula is C28H40N2O3. The fourth-order valence-corrected chi connectivity index (χ4v) is 5.82. The third-order valence-corrected chi connectivity index (χ3v) is 7.86. The highest BCUT2D eigenvalue weighted by molar-refractivity contribution is 5.42. The quantitative estimate of drug-likeness (QED) is 0.631. The van der Waals surface area contributed by atoms with E-state index < -0.39 is 5.60 Å². The second-order valence-corrected chi connectivity index (χ2v) is 10.9. The summed E-state index contributed by atoms with van der Waals surface area (Å²) in [5, 5.41) is 23.0. The summed E-state index contributed by atoms with van der Waals surface area (Å²) < 4.78 is 5.43. The van der Waals surface area contributed by atoms with Crippen molar-refractivity contribution >= 4 is 0 Å². The highest BCUT2D eigenvalue weighted by Crippen LogP contribution is 2.50. The van der Waals surface area contributed by atoms with Gasteiger partial charge in [0.05, 0.1) is 6.10 Å². The maximum Gasteiger partial charge on any atom is 0.124 e. The van der Waals surface area contributed by atoms with Crippen LogP contribution < -0.4 is 0 Å². The van der Waals surface area contributed by atoms with Gasteiger partial charge in [-0.25, -0.2) is 0 Å². The molecule has 2 fully saturated rings. The van der Waals surface area contributed by atoms with E-state index in [0.29, 0.717) is 18.3 Å². The number of nitrogens with zero attached hydrogens (tertiary/aromatic N) is 2. The molecule has 0 aliphatic carbocycles. The Labute approximate surface area is 198 Å². The molecule has 2 N–H and O–H groups in total. The van der Waals surface area contributed by atoms with Crippen molar-refractivity contribution in [3.05, 3.63) is 65.0 Å². The molecule has 3 heterocycles. The first-order valence-electron chi connectivity index (χ1n) is 12.4. The molecule has 4 rings (SSSR count). The van der Waals surface area contributed by atoms with Crippen molar-refractivity contribution in [3.8, 4) is 0 Å². The van der Waals surface area contributed by atoms with Crippen molar-refractivity contribution in [2.75, 3.05) is 33.4 Å². The lowest BCUT2D eigenvalue weighted by Crippen LogP contribution is -2.63. The zero-order valence-corrected chi connectivity index (χ0v) is 20.6. The third-order valence-electron chi connectivity index (χ3n) is 7.86. The van der Waals surface area contributed by atoms with Gasteiger partial charge < -0.3 is 19.8 Å². The number of ether oxygens (including phenoxy) is 1. The standard InChI is InChI=1S/C28H40N2O3/c1-20(2)22-6-8-24(9-7-22)28(32,27(3)18-30(4)19-27)25-15-21(16-29-17-25)5-10-26(31)23-11-13-33-14-12-23/h6-9,15-17,20,23,26,31-32H,5,10-14,18-19H2,1-4H3/t26?,28-/m0/s1. The van der Waals surface area contributed by atoms with E-state index in [4.69, 9.17) is 4.74 Å². The van der Waals surface area contributed by atoms with Crippen molar-refractivity contribution in [2.45, 2.75) is 64.1 Å². The van der Waals surface area contributed by atoms with Crippen LogP contribution in [0.5, 0.6) is 0 Å². The molecule has 0 amide bonds. The Balaban J connectivity index is 1.59. The molecule has 33 heavy (non-hydrogen) atoms. The normalized spacial score (nSPS) is 22.0. The van der Waals surface area contributed by atoms with Crippen LogP contribution in [0, 0.1) is 11.3 Å². The molecule has 0 radical (unpaired) electrons. The van der Waals surface area contributed by atoms with E-state index in [9.17, 15) is 10.2 Å². The molecule has 2 aliphatic rings. The average Bonchev–Trinajstić information content (AvgIpc) is 2.81. The maximum absolute atomic E-state index is 12.4. The van der Waals surface area contributed by atoms with Gasteiger partial charge in [0.25, 0.3) is 0 Å². The minimum absolute atomic E-state index is 0.303. The van der Waals surface area contributed by atoms with Gasteiger partial charge in [0.1, 0.15) is 5.60 Å². The van der Waals surface area contributed by atoms with E-state index in [1.807, 2.05) is 12.4 Å². The van der Waals surface area contributed by atoms with Gasteiger partial charge >= 0.3 is 0 Å². The van der Waals surface area contributed by atoms with Crippen LogP contribution in [-0.2, 0) is 16.8 Å². The number of aromatic nitrogens is 1. The molecule has 2 aliphatic heterocycles. The molecular weight excluding hydrogens is 412 g/mol. The number of hydrogen-bond acceptors (Lipinski definition) is 5. The second kappa shape index (κ2) is 9.83. The Bertz CT molecular complexity index is 917. The van der Waals surface area contributed by atoms with Gasteiger partial charge in [-0.3, -0.25) is 4.98 Å². The smallest absolute Gasteiger partial charge is 0.124 e. The van der Waals surface area contributed by atoms with E-state index in [2.05, 4.69) is 68.0 Å². The number of rotatable bonds is 8. The zero-order chi connectivity index (χ0) is 23.6. The molecule has 1 aromatic carbocycles. The summed E-state index contributed by atoms with van der Waals surface area (Å²) in [5.41, 5.74) is 2.66. The van der Waals surface area contributed by atoms with Gasteiger partial charge in [0.2, 0.25) is 0 Å². The molecule has 1 aromatic heterocycles. The number of hydrogen-bond donors (Lipinski definition) is 2. The third kappa shape index (κ3) is 4.88. The van der Waals surface area contributed by atoms with Crippen molar-refractivity contribution in [2.24, 2.45) is 11.3 Å². The molecule has 0 spiro atoms. The Kier molecular flexibility index (Phi) is 7.25. The number of aryl methyl sites for hydroxylation is 1. The van der Waals surface area contributed by atoms with Crippen LogP contribution in [0.2, 0.25) is 0 Å². The SMILES string of the molecule is CC(C)c1ccc([C@](O)(c2cncc(CCC(O)C3CCOCC3)c2)C2(C)CN(C)C2)cc1. The van der Waals surface area contributed by atoms with Crippen molar-refractivity contribution in [1.82, 2.24) is 9.88 Å². The van der Waals surface area contributed by atoms with Gasteiger partial charge in [-0.15, -0.1) is 0 Å². The highest BCUT2D eigenvalue weighted by atomic mass is 16.5. The minimum Gasteiger partial charge on any atom is -0.393 e. The molecule has 2 aromatic rings. The Morgan fingerprint density at radius 3 is 2.39 bits per heavy atom. The predicted octanol–water partition coefficient (Wildman–Crippen LogP) is 4.11. The highest BCUT2D eigenvalue weighted by Gasteiger charge is 2.55. The Hall–Kier alpha value is -1.79. The molecule has 2 atom stereocenters. The summed E-state index contributed by atoms with van der Waals surface area (Å²) in [7, 11) is 2.09. The van der Waals surface area contributed by atoms with Crippen LogP contribution in [0.3, 0.4) is 0 Å². The van der Waals surface area contributed by atoms with E-state index in [-0.39, 0.29) is 11.5 Å². The van der Waals surface area contributed by atoms with E-state index in [1.54, 1.807) is 0 Å². The van der Waals surface area contributed by atoms with Crippen LogP contribution in [-0.4, -0.2) is 59.6 Å². The van der Waals surface area contributed by atoms with Crippen LogP contribution in [0.1, 0.15) is 68.2 Å².